The zero-order valence-electron chi connectivity index (χ0n) is 11.5. The summed E-state index contributed by atoms with van der Waals surface area (Å²) in [6.07, 6.45) is 0. The van der Waals surface area contributed by atoms with Crippen molar-refractivity contribution in [1.29, 1.82) is 0 Å². The number of carbonyl (C=O) groups excluding carboxylic acids is 1. The van der Waals surface area contributed by atoms with E-state index in [2.05, 4.69) is 15.5 Å². The molecule has 0 aromatic carbocycles. The van der Waals surface area contributed by atoms with Gasteiger partial charge in [0.1, 0.15) is 5.69 Å². The maximum Gasteiger partial charge on any atom is 0.294 e. The van der Waals surface area contributed by atoms with Crippen LogP contribution in [0.3, 0.4) is 0 Å². The fourth-order valence-corrected chi connectivity index (χ4v) is 1.82. The summed E-state index contributed by atoms with van der Waals surface area (Å²) in [4.78, 5) is 23.2. The molecule has 1 heterocycles. The minimum absolute atomic E-state index is 0.0947. The number of nitrogens with one attached hydrogen (secondary N) is 1. The van der Waals surface area contributed by atoms with Gasteiger partial charge in [0.25, 0.3) is 5.56 Å². The van der Waals surface area contributed by atoms with E-state index in [0.717, 1.165) is 16.4 Å². The number of nitrogens with two attached hydrogens (primary N) is 1. The number of aryl methyl sites for hydroxylation is 1. The topological polar surface area (TPSA) is 103 Å². The van der Waals surface area contributed by atoms with Crippen LogP contribution in [0.25, 0.3) is 0 Å². The van der Waals surface area contributed by atoms with E-state index in [1.807, 2.05) is 20.8 Å². The monoisotopic (exact) mass is 285 g/mol. The van der Waals surface area contributed by atoms with Gasteiger partial charge in [-0.3, -0.25) is 9.59 Å². The van der Waals surface area contributed by atoms with Crippen molar-refractivity contribution in [3.8, 4) is 0 Å². The molecule has 0 radical (unpaired) electrons. The van der Waals surface area contributed by atoms with Gasteiger partial charge in [-0.2, -0.15) is 4.68 Å². The Morgan fingerprint density at radius 1 is 1.42 bits per heavy atom. The SMILES string of the molecule is Cc1nnc(SCC(=O)N[C@@H](C)C(C)C)n(N)c1=O. The third-order valence-electron chi connectivity index (χ3n) is 2.74. The minimum Gasteiger partial charge on any atom is -0.353 e. The Hall–Kier alpha value is -1.57. The van der Waals surface area contributed by atoms with Crippen molar-refractivity contribution in [3.05, 3.63) is 16.0 Å². The molecule has 106 valence electrons. The van der Waals surface area contributed by atoms with Crippen LogP contribution in [0.1, 0.15) is 26.5 Å². The largest absolute Gasteiger partial charge is 0.353 e. The summed E-state index contributed by atoms with van der Waals surface area (Å²) >= 11 is 1.08. The van der Waals surface area contributed by atoms with E-state index in [4.69, 9.17) is 5.84 Å². The highest BCUT2D eigenvalue weighted by molar-refractivity contribution is 7.99. The summed E-state index contributed by atoms with van der Waals surface area (Å²) < 4.78 is 0.909. The lowest BCUT2D eigenvalue weighted by atomic mass is 10.1. The maximum atomic E-state index is 11.7. The van der Waals surface area contributed by atoms with Gasteiger partial charge in [-0.1, -0.05) is 25.6 Å². The zero-order chi connectivity index (χ0) is 14.6. The van der Waals surface area contributed by atoms with Gasteiger partial charge in [0, 0.05) is 6.04 Å². The predicted octanol–water partition coefficient (Wildman–Crippen LogP) is -0.0867. The Bertz CT molecular complexity index is 514. The quantitative estimate of drug-likeness (QED) is 0.579. The molecule has 0 bridgehead atoms. The second-order valence-electron chi connectivity index (χ2n) is 4.63. The van der Waals surface area contributed by atoms with E-state index in [1.165, 1.54) is 6.92 Å². The molecule has 1 aromatic heterocycles. The molecule has 0 saturated carbocycles. The molecule has 0 saturated heterocycles. The number of hydrogen-bond donors (Lipinski definition) is 2. The predicted molar refractivity (Wildman–Crippen MR) is 74.3 cm³/mol. The van der Waals surface area contributed by atoms with Gasteiger partial charge < -0.3 is 11.2 Å². The van der Waals surface area contributed by atoms with E-state index >= 15 is 0 Å². The average Bonchev–Trinajstić information content (AvgIpc) is 2.35. The Morgan fingerprint density at radius 2 is 2.05 bits per heavy atom. The van der Waals surface area contributed by atoms with Crippen molar-refractivity contribution in [2.24, 2.45) is 5.92 Å². The van der Waals surface area contributed by atoms with Gasteiger partial charge in [-0.05, 0) is 19.8 Å². The van der Waals surface area contributed by atoms with Crippen LogP contribution in [0.4, 0.5) is 0 Å². The van der Waals surface area contributed by atoms with Crippen LogP contribution in [0.15, 0.2) is 9.95 Å². The van der Waals surface area contributed by atoms with Crippen molar-refractivity contribution >= 4 is 17.7 Å². The molecule has 3 N–H and O–H groups in total. The second kappa shape index (κ2) is 6.55. The number of carbonyl (C=O) groups is 1. The van der Waals surface area contributed by atoms with E-state index in [9.17, 15) is 9.59 Å². The normalized spacial score (nSPS) is 12.5. The van der Waals surface area contributed by atoms with Gasteiger partial charge in [-0.25, -0.2) is 0 Å². The van der Waals surface area contributed by atoms with Gasteiger partial charge >= 0.3 is 0 Å². The van der Waals surface area contributed by atoms with Crippen molar-refractivity contribution in [1.82, 2.24) is 20.2 Å². The first-order chi connectivity index (χ1) is 8.82. The van der Waals surface area contributed by atoms with Crippen molar-refractivity contribution in [2.45, 2.75) is 38.9 Å². The lowest BCUT2D eigenvalue weighted by Crippen LogP contribution is -2.37. The maximum absolute atomic E-state index is 11.7. The molecule has 0 aliphatic rings. The van der Waals surface area contributed by atoms with E-state index < -0.39 is 5.56 Å². The summed E-state index contributed by atoms with van der Waals surface area (Å²) in [6.45, 7) is 7.53. The molecule has 0 unspecified atom stereocenters. The number of rotatable bonds is 5. The molecule has 1 amide bonds. The Labute approximate surface area is 115 Å². The Kier molecular flexibility index (Phi) is 5.34. The number of hydrogen-bond acceptors (Lipinski definition) is 6. The van der Waals surface area contributed by atoms with Gasteiger partial charge in [0.15, 0.2) is 0 Å². The molecule has 1 atom stereocenters. The Morgan fingerprint density at radius 3 is 2.63 bits per heavy atom. The van der Waals surface area contributed by atoms with Crippen LogP contribution in [0, 0.1) is 12.8 Å². The standard InChI is InChI=1S/C11H19N5O2S/c1-6(2)7(3)13-9(17)5-19-11-15-14-8(4)10(18)16(11)12/h6-7H,5,12H2,1-4H3,(H,13,17)/t7-/m0/s1. The van der Waals surface area contributed by atoms with Crippen LogP contribution >= 0.6 is 11.8 Å². The highest BCUT2D eigenvalue weighted by Crippen LogP contribution is 2.11. The number of nitrogen functional groups attached to an aromatic ring is 1. The van der Waals surface area contributed by atoms with Crippen molar-refractivity contribution < 1.29 is 4.79 Å². The van der Waals surface area contributed by atoms with Crippen LogP contribution in [-0.2, 0) is 4.79 Å². The first-order valence-corrected chi connectivity index (χ1v) is 6.95. The summed E-state index contributed by atoms with van der Waals surface area (Å²) in [6, 6.07) is 0.0947. The average molecular weight is 285 g/mol. The van der Waals surface area contributed by atoms with Gasteiger partial charge in [-0.15, -0.1) is 10.2 Å². The molecule has 0 fully saturated rings. The molecule has 0 aliphatic heterocycles. The molecular weight excluding hydrogens is 266 g/mol. The Balaban J connectivity index is 2.61. The summed E-state index contributed by atoms with van der Waals surface area (Å²) in [5.41, 5.74) is -0.182. The summed E-state index contributed by atoms with van der Waals surface area (Å²) in [5, 5.41) is 10.6. The van der Waals surface area contributed by atoms with Crippen molar-refractivity contribution in [3.63, 3.8) is 0 Å². The third-order valence-corrected chi connectivity index (χ3v) is 3.68. The van der Waals surface area contributed by atoms with Gasteiger partial charge in [0.2, 0.25) is 11.1 Å². The highest BCUT2D eigenvalue weighted by Gasteiger charge is 2.13. The third kappa shape index (κ3) is 4.23. The lowest BCUT2D eigenvalue weighted by Gasteiger charge is -2.17. The fraction of sp³-hybridized carbons (Fsp3) is 0.636. The smallest absolute Gasteiger partial charge is 0.294 e. The minimum atomic E-state index is -0.409. The molecule has 1 rings (SSSR count). The molecule has 0 spiro atoms. The second-order valence-corrected chi connectivity index (χ2v) is 5.57. The van der Waals surface area contributed by atoms with Crippen LogP contribution < -0.4 is 16.7 Å². The van der Waals surface area contributed by atoms with Crippen LogP contribution in [0.5, 0.6) is 0 Å². The number of thioether (sulfide) groups is 1. The van der Waals surface area contributed by atoms with Crippen molar-refractivity contribution in [2.75, 3.05) is 11.6 Å². The van der Waals surface area contributed by atoms with E-state index in [1.54, 1.807) is 0 Å². The number of nitrogens with zero attached hydrogens (tertiary/aromatic N) is 3. The zero-order valence-corrected chi connectivity index (χ0v) is 12.3. The molecule has 1 aromatic rings. The van der Waals surface area contributed by atoms with E-state index in [0.29, 0.717) is 5.92 Å². The summed E-state index contributed by atoms with van der Waals surface area (Å²) in [5.74, 6) is 5.95. The van der Waals surface area contributed by atoms with Crippen LogP contribution in [0.2, 0.25) is 0 Å². The first-order valence-electron chi connectivity index (χ1n) is 5.96. The molecule has 0 aliphatic carbocycles. The first kappa shape index (κ1) is 15.5. The lowest BCUT2D eigenvalue weighted by molar-refractivity contribution is -0.119. The van der Waals surface area contributed by atoms with E-state index in [-0.39, 0.29) is 28.6 Å². The number of aromatic nitrogens is 3. The molecule has 8 heteroatoms. The van der Waals surface area contributed by atoms with Crippen LogP contribution in [-0.4, -0.2) is 32.6 Å². The highest BCUT2D eigenvalue weighted by atomic mass is 32.2. The molecule has 19 heavy (non-hydrogen) atoms. The number of amides is 1. The summed E-state index contributed by atoms with van der Waals surface area (Å²) in [7, 11) is 0. The van der Waals surface area contributed by atoms with Gasteiger partial charge in [0.05, 0.1) is 5.75 Å². The fourth-order valence-electron chi connectivity index (χ4n) is 1.16. The molecule has 7 nitrogen and oxygen atoms in total. The molecular formula is C11H19N5O2S.